The Kier molecular flexibility index (Phi) is 6.17. The third kappa shape index (κ3) is 4.80. The topological polar surface area (TPSA) is 58.2 Å². The molecular formula is C21H20N2O2S. The molecule has 0 aliphatic heterocycles. The summed E-state index contributed by atoms with van der Waals surface area (Å²) in [4.78, 5) is 25.0. The summed E-state index contributed by atoms with van der Waals surface area (Å²) in [5.74, 6) is -0.246. The summed E-state index contributed by atoms with van der Waals surface area (Å²) >= 11 is 1.38. The molecule has 4 nitrogen and oxygen atoms in total. The summed E-state index contributed by atoms with van der Waals surface area (Å²) in [6, 6.07) is 23.1. The number of thiophene rings is 1. The summed E-state index contributed by atoms with van der Waals surface area (Å²) in [5, 5.41) is 7.70. The number of carbonyl (C=O) groups excluding carboxylic acids is 2. The van der Waals surface area contributed by atoms with Crippen LogP contribution in [0.15, 0.2) is 78.2 Å². The van der Waals surface area contributed by atoms with Gasteiger partial charge in [-0.05, 0) is 22.6 Å². The number of amides is 2. The highest BCUT2D eigenvalue weighted by atomic mass is 32.1. The molecule has 132 valence electrons. The fourth-order valence-corrected chi connectivity index (χ4v) is 3.31. The summed E-state index contributed by atoms with van der Waals surface area (Å²) < 4.78 is 0. The minimum absolute atomic E-state index is 0.103. The van der Waals surface area contributed by atoms with E-state index in [0.717, 1.165) is 11.1 Å². The third-order valence-electron chi connectivity index (χ3n) is 3.95. The van der Waals surface area contributed by atoms with Gasteiger partial charge in [-0.15, -0.1) is 11.3 Å². The predicted octanol–water partition coefficient (Wildman–Crippen LogP) is 3.77. The van der Waals surface area contributed by atoms with E-state index in [1.54, 1.807) is 6.07 Å². The fourth-order valence-electron chi connectivity index (χ4n) is 2.67. The molecular weight excluding hydrogens is 344 g/mol. The summed E-state index contributed by atoms with van der Waals surface area (Å²) in [5.41, 5.74) is 2.05. The second-order valence-corrected chi connectivity index (χ2v) is 6.75. The molecule has 0 atom stereocenters. The van der Waals surface area contributed by atoms with E-state index in [0.29, 0.717) is 11.4 Å². The summed E-state index contributed by atoms with van der Waals surface area (Å²) in [6.07, 6.45) is 0.229. The smallest absolute Gasteiger partial charge is 0.261 e. The van der Waals surface area contributed by atoms with Crippen LogP contribution in [-0.4, -0.2) is 18.4 Å². The van der Waals surface area contributed by atoms with Crippen molar-refractivity contribution < 1.29 is 9.59 Å². The van der Waals surface area contributed by atoms with Gasteiger partial charge in [0.25, 0.3) is 5.91 Å². The van der Waals surface area contributed by atoms with Crippen molar-refractivity contribution in [2.24, 2.45) is 0 Å². The Labute approximate surface area is 156 Å². The molecule has 0 radical (unpaired) electrons. The molecule has 0 aliphatic carbocycles. The predicted molar refractivity (Wildman–Crippen MR) is 104 cm³/mol. The third-order valence-corrected chi connectivity index (χ3v) is 4.82. The molecule has 0 saturated heterocycles. The lowest BCUT2D eigenvalue weighted by molar-refractivity contribution is -0.121. The van der Waals surface area contributed by atoms with Crippen molar-refractivity contribution in [2.45, 2.75) is 12.5 Å². The van der Waals surface area contributed by atoms with Gasteiger partial charge >= 0.3 is 0 Å². The van der Waals surface area contributed by atoms with Gasteiger partial charge in [-0.1, -0.05) is 66.7 Å². The van der Waals surface area contributed by atoms with Crippen LogP contribution in [0, 0.1) is 0 Å². The number of hydrogen-bond donors (Lipinski definition) is 2. The lowest BCUT2D eigenvalue weighted by Gasteiger charge is -2.20. The molecule has 0 aliphatic rings. The Morgan fingerprint density at radius 3 is 2.00 bits per heavy atom. The molecule has 2 N–H and O–H groups in total. The van der Waals surface area contributed by atoms with Gasteiger partial charge in [0.1, 0.15) is 0 Å². The molecule has 0 fully saturated rings. The van der Waals surface area contributed by atoms with Crippen molar-refractivity contribution in [1.82, 2.24) is 10.6 Å². The number of benzene rings is 2. The zero-order valence-electron chi connectivity index (χ0n) is 14.2. The van der Waals surface area contributed by atoms with Gasteiger partial charge in [-0.3, -0.25) is 9.59 Å². The van der Waals surface area contributed by atoms with Crippen LogP contribution in [0.25, 0.3) is 0 Å². The van der Waals surface area contributed by atoms with Crippen LogP contribution in [-0.2, 0) is 4.79 Å². The average Bonchev–Trinajstić information content (AvgIpc) is 3.22. The van der Waals surface area contributed by atoms with E-state index < -0.39 is 0 Å². The van der Waals surface area contributed by atoms with Crippen molar-refractivity contribution >= 4 is 23.2 Å². The van der Waals surface area contributed by atoms with Crippen molar-refractivity contribution in [3.8, 4) is 0 Å². The van der Waals surface area contributed by atoms with Crippen molar-refractivity contribution in [3.63, 3.8) is 0 Å². The van der Waals surface area contributed by atoms with Gasteiger partial charge in [-0.2, -0.15) is 0 Å². The minimum Gasteiger partial charge on any atom is -0.351 e. The second kappa shape index (κ2) is 8.97. The van der Waals surface area contributed by atoms with Crippen molar-refractivity contribution in [3.05, 3.63) is 94.2 Å². The minimum atomic E-state index is -0.210. The molecule has 26 heavy (non-hydrogen) atoms. The van der Waals surface area contributed by atoms with Gasteiger partial charge in [0.15, 0.2) is 0 Å². The van der Waals surface area contributed by atoms with E-state index in [4.69, 9.17) is 0 Å². The quantitative estimate of drug-likeness (QED) is 0.670. The molecule has 5 heteroatoms. The lowest BCUT2D eigenvalue weighted by atomic mass is 9.98. The van der Waals surface area contributed by atoms with Crippen LogP contribution in [0.5, 0.6) is 0 Å². The zero-order valence-corrected chi connectivity index (χ0v) is 15.0. The summed E-state index contributed by atoms with van der Waals surface area (Å²) in [7, 11) is 0. The van der Waals surface area contributed by atoms with E-state index in [-0.39, 0.29) is 24.3 Å². The van der Waals surface area contributed by atoms with Crippen LogP contribution in [0.4, 0.5) is 0 Å². The van der Waals surface area contributed by atoms with Gasteiger partial charge in [0.05, 0.1) is 10.9 Å². The van der Waals surface area contributed by atoms with E-state index in [9.17, 15) is 9.59 Å². The van der Waals surface area contributed by atoms with Crippen molar-refractivity contribution in [1.29, 1.82) is 0 Å². The van der Waals surface area contributed by atoms with E-state index in [1.165, 1.54) is 11.3 Å². The molecule has 3 aromatic rings. The highest BCUT2D eigenvalue weighted by Crippen LogP contribution is 2.21. The first-order valence-electron chi connectivity index (χ1n) is 8.45. The Morgan fingerprint density at radius 1 is 0.846 bits per heavy atom. The highest BCUT2D eigenvalue weighted by molar-refractivity contribution is 7.12. The molecule has 1 heterocycles. The van der Waals surface area contributed by atoms with Gasteiger partial charge < -0.3 is 10.6 Å². The van der Waals surface area contributed by atoms with Crippen LogP contribution in [0.2, 0.25) is 0 Å². The molecule has 0 saturated carbocycles. The van der Waals surface area contributed by atoms with Gasteiger partial charge in [-0.25, -0.2) is 0 Å². The van der Waals surface area contributed by atoms with Gasteiger partial charge in [0.2, 0.25) is 5.91 Å². The average molecular weight is 364 g/mol. The van der Waals surface area contributed by atoms with Crippen LogP contribution < -0.4 is 10.6 Å². The highest BCUT2D eigenvalue weighted by Gasteiger charge is 2.16. The molecule has 3 rings (SSSR count). The lowest BCUT2D eigenvalue weighted by Crippen LogP contribution is -2.33. The van der Waals surface area contributed by atoms with Crippen LogP contribution >= 0.6 is 11.3 Å². The first-order valence-corrected chi connectivity index (χ1v) is 9.33. The number of hydrogen-bond acceptors (Lipinski definition) is 3. The van der Waals surface area contributed by atoms with Crippen LogP contribution in [0.1, 0.15) is 33.3 Å². The zero-order chi connectivity index (χ0) is 18.2. The maximum atomic E-state index is 12.4. The van der Waals surface area contributed by atoms with E-state index in [2.05, 4.69) is 10.6 Å². The van der Waals surface area contributed by atoms with E-state index in [1.807, 2.05) is 72.1 Å². The number of nitrogens with one attached hydrogen (secondary N) is 2. The monoisotopic (exact) mass is 364 g/mol. The second-order valence-electron chi connectivity index (χ2n) is 5.81. The van der Waals surface area contributed by atoms with E-state index >= 15 is 0 Å². The van der Waals surface area contributed by atoms with Crippen LogP contribution in [0.3, 0.4) is 0 Å². The Hall–Kier alpha value is -2.92. The largest absolute Gasteiger partial charge is 0.351 e. The first-order chi connectivity index (χ1) is 12.7. The molecule has 0 spiro atoms. The molecule has 2 amide bonds. The molecule has 1 aromatic heterocycles. The maximum Gasteiger partial charge on any atom is 0.261 e. The molecule has 2 aromatic carbocycles. The van der Waals surface area contributed by atoms with Gasteiger partial charge in [0, 0.05) is 13.0 Å². The maximum absolute atomic E-state index is 12.4. The number of carbonyl (C=O) groups is 2. The Morgan fingerprint density at radius 2 is 1.46 bits per heavy atom. The molecule has 0 bridgehead atoms. The number of rotatable bonds is 7. The summed E-state index contributed by atoms with van der Waals surface area (Å²) in [6.45, 7) is 0.304. The normalized spacial score (nSPS) is 10.5. The first kappa shape index (κ1) is 17.9. The Bertz CT molecular complexity index is 793. The molecule has 0 unspecified atom stereocenters. The van der Waals surface area contributed by atoms with Crippen molar-refractivity contribution in [2.75, 3.05) is 6.54 Å². The fraction of sp³-hybridized carbons (Fsp3) is 0.143. The SMILES string of the molecule is O=C(CCNC(=O)c1cccs1)NC(c1ccccc1)c1ccccc1. The Balaban J connectivity index is 1.60. The standard InChI is InChI=1S/C21H20N2O2S/c24-19(13-14-22-21(25)18-12-7-15-26-18)23-20(16-8-3-1-4-9-16)17-10-5-2-6-11-17/h1-12,15,20H,13-14H2,(H,22,25)(H,23,24).